The molecular formula is C24H29NO7. The van der Waals surface area contributed by atoms with Crippen LogP contribution >= 0.6 is 0 Å². The number of hydrogen-bond acceptors (Lipinski definition) is 8. The lowest BCUT2D eigenvalue weighted by atomic mass is 9.59. The molecule has 2 aromatic rings. The summed E-state index contributed by atoms with van der Waals surface area (Å²) in [7, 11) is 6.78. The van der Waals surface area contributed by atoms with Gasteiger partial charge in [-0.05, 0) is 48.4 Å². The first-order chi connectivity index (χ1) is 15.4. The number of aliphatic hydroxyl groups excluding tert-OH is 2. The zero-order valence-corrected chi connectivity index (χ0v) is 19.0. The molecule has 2 aromatic carbocycles. The molecule has 5 rings (SSSR count). The van der Waals surface area contributed by atoms with E-state index in [1.54, 1.807) is 21.3 Å². The highest BCUT2D eigenvalue weighted by Gasteiger charge is 2.56. The molecule has 32 heavy (non-hydrogen) atoms. The van der Waals surface area contributed by atoms with Crippen LogP contribution in [0.5, 0.6) is 28.7 Å². The first-order valence-corrected chi connectivity index (χ1v) is 10.7. The summed E-state index contributed by atoms with van der Waals surface area (Å²) in [5.41, 5.74) is 3.08. The third-order valence-electron chi connectivity index (χ3n) is 7.47. The fourth-order valence-corrected chi connectivity index (χ4v) is 5.85. The third kappa shape index (κ3) is 2.60. The molecule has 0 bridgehead atoms. The summed E-state index contributed by atoms with van der Waals surface area (Å²) in [5.74, 6) is 2.94. The zero-order valence-electron chi connectivity index (χ0n) is 19.0. The normalized spacial score (nSPS) is 27.9. The van der Waals surface area contributed by atoms with E-state index in [4.69, 9.17) is 23.7 Å². The van der Waals surface area contributed by atoms with Crippen molar-refractivity contribution in [1.29, 1.82) is 0 Å². The van der Waals surface area contributed by atoms with Gasteiger partial charge in [0.2, 0.25) is 12.5 Å². The van der Waals surface area contributed by atoms with Crippen LogP contribution in [-0.4, -0.2) is 63.0 Å². The van der Waals surface area contributed by atoms with E-state index in [2.05, 4.69) is 11.8 Å². The molecule has 0 saturated carbocycles. The highest BCUT2D eigenvalue weighted by atomic mass is 16.7. The van der Waals surface area contributed by atoms with E-state index in [1.165, 1.54) is 0 Å². The highest BCUT2D eigenvalue weighted by molar-refractivity contribution is 5.65. The van der Waals surface area contributed by atoms with Crippen molar-refractivity contribution in [2.45, 2.75) is 36.9 Å². The number of nitrogens with zero attached hydrogens (tertiary/aromatic N) is 1. The molecule has 0 spiro atoms. The van der Waals surface area contributed by atoms with Gasteiger partial charge in [0.1, 0.15) is 0 Å². The van der Waals surface area contributed by atoms with E-state index in [9.17, 15) is 10.2 Å². The van der Waals surface area contributed by atoms with Gasteiger partial charge in [0.15, 0.2) is 23.0 Å². The Bertz CT molecular complexity index is 1070. The van der Waals surface area contributed by atoms with Gasteiger partial charge >= 0.3 is 0 Å². The lowest BCUT2D eigenvalue weighted by Gasteiger charge is -2.56. The topological polar surface area (TPSA) is 89.9 Å². The number of hydrogen-bond donors (Lipinski definition) is 2. The van der Waals surface area contributed by atoms with E-state index in [0.29, 0.717) is 35.2 Å². The molecule has 172 valence electrons. The van der Waals surface area contributed by atoms with Crippen molar-refractivity contribution in [2.75, 3.05) is 41.8 Å². The Labute approximate surface area is 187 Å². The minimum absolute atomic E-state index is 0.0898. The molecule has 0 radical (unpaired) electrons. The van der Waals surface area contributed by atoms with Crippen LogP contribution in [0.3, 0.4) is 0 Å². The van der Waals surface area contributed by atoms with Crippen LogP contribution in [0.15, 0.2) is 18.2 Å². The van der Waals surface area contributed by atoms with Crippen molar-refractivity contribution in [3.05, 3.63) is 40.5 Å². The van der Waals surface area contributed by atoms with Crippen LogP contribution in [0.25, 0.3) is 0 Å². The van der Waals surface area contributed by atoms with Gasteiger partial charge in [-0.3, -0.25) is 4.90 Å². The maximum absolute atomic E-state index is 11.6. The van der Waals surface area contributed by atoms with Gasteiger partial charge in [-0.25, -0.2) is 0 Å². The van der Waals surface area contributed by atoms with E-state index < -0.39 is 11.5 Å². The minimum Gasteiger partial charge on any atom is -0.493 e. The van der Waals surface area contributed by atoms with Crippen molar-refractivity contribution in [3.8, 4) is 28.7 Å². The number of ether oxygens (including phenoxy) is 5. The first kappa shape index (κ1) is 21.2. The molecule has 0 amide bonds. The van der Waals surface area contributed by atoms with Crippen molar-refractivity contribution in [1.82, 2.24) is 4.90 Å². The second-order valence-corrected chi connectivity index (χ2v) is 8.78. The predicted octanol–water partition coefficient (Wildman–Crippen LogP) is 2.34. The molecule has 1 unspecified atom stereocenters. The number of methoxy groups -OCH3 is 3. The van der Waals surface area contributed by atoms with Crippen molar-refractivity contribution in [3.63, 3.8) is 0 Å². The Balaban J connectivity index is 1.80. The highest BCUT2D eigenvalue weighted by Crippen LogP contribution is 2.61. The molecule has 3 aliphatic rings. The quantitative estimate of drug-likeness (QED) is 0.744. The van der Waals surface area contributed by atoms with Crippen molar-refractivity contribution >= 4 is 0 Å². The summed E-state index contributed by atoms with van der Waals surface area (Å²) in [6.45, 7) is 2.04. The monoisotopic (exact) mass is 443 g/mol. The molecular weight excluding hydrogens is 414 g/mol. The van der Waals surface area contributed by atoms with Crippen LogP contribution in [0.2, 0.25) is 0 Å². The van der Waals surface area contributed by atoms with Crippen LogP contribution in [0.1, 0.15) is 41.3 Å². The molecule has 4 atom stereocenters. The van der Waals surface area contributed by atoms with Crippen LogP contribution in [0.4, 0.5) is 0 Å². The third-order valence-corrected chi connectivity index (χ3v) is 7.47. The Hall–Kier alpha value is -2.68. The molecule has 8 heteroatoms. The SMILES string of the molecule is COc1cc2c(cc1OC)C1N(C)[C@@H](CO)c3c(cc(OC)c4c3OCO4)[C@]1(C)[C@H](O)C2. The number of fused-ring (bicyclic) bond motifs is 7. The Morgan fingerprint density at radius 2 is 1.69 bits per heavy atom. The Kier molecular flexibility index (Phi) is 4.92. The van der Waals surface area contributed by atoms with E-state index in [0.717, 1.165) is 22.3 Å². The maximum atomic E-state index is 11.6. The Morgan fingerprint density at radius 1 is 1.03 bits per heavy atom. The van der Waals surface area contributed by atoms with Crippen molar-refractivity contribution in [2.24, 2.45) is 0 Å². The number of benzene rings is 2. The average molecular weight is 443 g/mol. The molecule has 1 aliphatic carbocycles. The molecule has 2 N–H and O–H groups in total. The summed E-state index contributed by atoms with van der Waals surface area (Å²) >= 11 is 0. The second-order valence-electron chi connectivity index (χ2n) is 8.78. The molecule has 8 nitrogen and oxygen atoms in total. The lowest BCUT2D eigenvalue weighted by molar-refractivity contribution is -0.0270. The van der Waals surface area contributed by atoms with E-state index in [-0.39, 0.29) is 25.5 Å². The maximum Gasteiger partial charge on any atom is 0.231 e. The fourth-order valence-electron chi connectivity index (χ4n) is 5.85. The van der Waals surface area contributed by atoms with Crippen LogP contribution in [-0.2, 0) is 11.8 Å². The van der Waals surface area contributed by atoms with Gasteiger partial charge in [0.05, 0.1) is 40.1 Å². The Morgan fingerprint density at radius 3 is 2.34 bits per heavy atom. The summed E-state index contributed by atoms with van der Waals surface area (Å²) in [6.07, 6.45) is -0.236. The van der Waals surface area contributed by atoms with Crippen molar-refractivity contribution < 1.29 is 33.9 Å². The van der Waals surface area contributed by atoms with Crippen LogP contribution < -0.4 is 23.7 Å². The van der Waals surface area contributed by atoms with Gasteiger partial charge in [-0.2, -0.15) is 0 Å². The van der Waals surface area contributed by atoms with Gasteiger partial charge < -0.3 is 33.9 Å². The van der Waals surface area contributed by atoms with E-state index >= 15 is 0 Å². The summed E-state index contributed by atoms with van der Waals surface area (Å²) in [4.78, 5) is 2.11. The average Bonchev–Trinajstić information content (AvgIpc) is 3.29. The molecule has 0 saturated heterocycles. The zero-order chi connectivity index (χ0) is 22.8. The van der Waals surface area contributed by atoms with Crippen LogP contribution in [0, 0.1) is 0 Å². The number of rotatable bonds is 4. The van der Waals surface area contributed by atoms with Gasteiger partial charge in [0, 0.05) is 17.0 Å². The summed E-state index contributed by atoms with van der Waals surface area (Å²) in [5, 5.41) is 22.0. The van der Waals surface area contributed by atoms with Gasteiger partial charge in [-0.15, -0.1) is 0 Å². The summed E-state index contributed by atoms with van der Waals surface area (Å²) < 4.78 is 28.2. The summed E-state index contributed by atoms with van der Waals surface area (Å²) in [6, 6.07) is 5.28. The van der Waals surface area contributed by atoms with Gasteiger partial charge in [-0.1, -0.05) is 6.92 Å². The first-order valence-electron chi connectivity index (χ1n) is 10.7. The standard InChI is InChI=1S/C24H29NO7/c1-24-14-9-18(30-5)21-22(32-11-31-21)20(14)15(10-26)25(2)23(24)13-8-17(29-4)16(28-3)6-12(13)7-19(24)27/h6,8-9,15,19,23,26-27H,7,10-11H2,1-5H3/t15-,19+,23?,24+/m0/s1. The smallest absolute Gasteiger partial charge is 0.231 e. The molecule has 2 heterocycles. The fraction of sp³-hybridized carbons (Fsp3) is 0.500. The van der Waals surface area contributed by atoms with Gasteiger partial charge in [0.25, 0.3) is 0 Å². The largest absolute Gasteiger partial charge is 0.493 e. The second kappa shape index (κ2) is 7.43. The molecule has 0 fully saturated rings. The lowest BCUT2D eigenvalue weighted by Crippen LogP contribution is -2.57. The number of likely N-dealkylation sites (N-methyl/N-ethyl adjacent to an activating group) is 1. The molecule has 2 aliphatic heterocycles. The van der Waals surface area contributed by atoms with E-state index in [1.807, 2.05) is 25.2 Å². The number of aliphatic hydroxyl groups is 2. The minimum atomic E-state index is -0.698. The predicted molar refractivity (Wildman–Crippen MR) is 116 cm³/mol. The molecule has 0 aromatic heterocycles.